The number of nitrogens with zero attached hydrogens (tertiary/aromatic N) is 2. The lowest BCUT2D eigenvalue weighted by molar-refractivity contribution is 0.0745. The number of halogens is 1. The van der Waals surface area contributed by atoms with Gasteiger partial charge in [0.25, 0.3) is 5.91 Å². The lowest BCUT2D eigenvalue weighted by Gasteiger charge is -2.22. The third-order valence-corrected chi connectivity index (χ3v) is 7.14. The maximum atomic E-state index is 13.7. The summed E-state index contributed by atoms with van der Waals surface area (Å²) in [6, 6.07) is 14.0. The molecule has 2 aromatic carbocycles. The number of nitrogens with one attached hydrogen (secondary N) is 1. The number of nitrogens with two attached hydrogens (primary N) is 1. The van der Waals surface area contributed by atoms with Crippen LogP contribution < -0.4 is 5.73 Å². The summed E-state index contributed by atoms with van der Waals surface area (Å²) in [5.41, 5.74) is 10.8. The van der Waals surface area contributed by atoms with Crippen LogP contribution in [0.4, 0.5) is 5.13 Å². The monoisotopic (exact) mass is 464 g/mol. The number of hydrogen-bond donors (Lipinski definition) is 2. The largest absolute Gasteiger partial charge is 0.375 e. The average Bonchev–Trinajstić information content (AvgIpc) is 3.38. The molecule has 1 saturated carbocycles. The molecule has 7 heteroatoms. The Kier molecular flexibility index (Phi) is 5.66. The number of fused-ring (bicyclic) bond motifs is 1. The summed E-state index contributed by atoms with van der Waals surface area (Å²) in [4.78, 5) is 24.2. The van der Waals surface area contributed by atoms with Crippen molar-refractivity contribution in [3.8, 4) is 10.4 Å². The first kappa shape index (κ1) is 21.0. The van der Waals surface area contributed by atoms with Crippen molar-refractivity contribution in [2.75, 3.05) is 18.8 Å². The molecule has 4 aromatic rings. The number of aromatic nitrogens is 2. The number of aromatic amines is 1. The smallest absolute Gasteiger partial charge is 0.274 e. The van der Waals surface area contributed by atoms with Crippen molar-refractivity contribution >= 4 is 44.9 Å². The average molecular weight is 465 g/mol. The minimum Gasteiger partial charge on any atom is -0.375 e. The fraction of sp³-hybridized carbons (Fsp3) is 0.280. The Balaban J connectivity index is 1.41. The van der Waals surface area contributed by atoms with Crippen LogP contribution in [0.2, 0.25) is 5.02 Å². The second-order valence-electron chi connectivity index (χ2n) is 8.55. The van der Waals surface area contributed by atoms with E-state index in [9.17, 15) is 4.79 Å². The maximum Gasteiger partial charge on any atom is 0.274 e. The van der Waals surface area contributed by atoms with Crippen LogP contribution in [0.25, 0.3) is 21.3 Å². The number of aryl methyl sites for hydroxylation is 1. The van der Waals surface area contributed by atoms with Crippen LogP contribution in [-0.4, -0.2) is 33.9 Å². The van der Waals surface area contributed by atoms with Crippen LogP contribution in [0.15, 0.2) is 48.7 Å². The lowest BCUT2D eigenvalue weighted by Crippen LogP contribution is -2.35. The standard InChI is InChI=1S/C25H25ClN4OS/c1-15-3-2-4-17(11-15)23-22(29-25(27)32-23)24(31)30(14-16-5-6-16)10-9-18-13-28-21-12-19(26)7-8-20(18)21/h2-4,7-8,11-13,16,28H,5-6,9-10,14H2,1H3,(H2,27,29). The molecule has 3 N–H and O–H groups in total. The zero-order chi connectivity index (χ0) is 22.2. The molecule has 32 heavy (non-hydrogen) atoms. The molecule has 2 heterocycles. The van der Waals surface area contributed by atoms with Crippen molar-refractivity contribution in [2.24, 2.45) is 5.92 Å². The number of anilines is 1. The molecule has 1 aliphatic rings. The molecule has 0 aliphatic heterocycles. The van der Waals surface area contributed by atoms with Crippen molar-refractivity contribution in [1.82, 2.24) is 14.9 Å². The fourth-order valence-electron chi connectivity index (χ4n) is 4.12. The quantitative estimate of drug-likeness (QED) is 0.356. The van der Waals surface area contributed by atoms with Gasteiger partial charge in [-0.15, -0.1) is 0 Å². The molecule has 2 aromatic heterocycles. The molecule has 164 valence electrons. The number of carbonyl (C=O) groups is 1. The third kappa shape index (κ3) is 4.38. The first-order valence-electron chi connectivity index (χ1n) is 10.9. The Bertz CT molecular complexity index is 1290. The first-order valence-corrected chi connectivity index (χ1v) is 12.1. The van der Waals surface area contributed by atoms with Gasteiger partial charge in [0.15, 0.2) is 5.13 Å². The first-order chi connectivity index (χ1) is 15.5. The Morgan fingerprint density at radius 3 is 2.91 bits per heavy atom. The van der Waals surface area contributed by atoms with Crippen LogP contribution in [0.1, 0.15) is 34.5 Å². The van der Waals surface area contributed by atoms with Crippen molar-refractivity contribution in [3.05, 3.63) is 70.5 Å². The Labute approximate surface area is 196 Å². The van der Waals surface area contributed by atoms with Crippen LogP contribution in [-0.2, 0) is 6.42 Å². The molecular weight excluding hydrogens is 440 g/mol. The molecular formula is C25H25ClN4OS. The summed E-state index contributed by atoms with van der Waals surface area (Å²) in [6.45, 7) is 3.44. The Hall–Kier alpha value is -2.83. The molecule has 0 atom stereocenters. The van der Waals surface area contributed by atoms with Gasteiger partial charge in [-0.2, -0.15) is 0 Å². The fourth-order valence-corrected chi connectivity index (χ4v) is 5.11. The highest BCUT2D eigenvalue weighted by Gasteiger charge is 2.30. The highest BCUT2D eigenvalue weighted by Crippen LogP contribution is 2.35. The maximum absolute atomic E-state index is 13.7. The minimum absolute atomic E-state index is 0.0377. The summed E-state index contributed by atoms with van der Waals surface area (Å²) in [5.74, 6) is 0.545. The number of H-pyrrole nitrogens is 1. The van der Waals surface area contributed by atoms with E-state index in [2.05, 4.69) is 16.0 Å². The Morgan fingerprint density at radius 2 is 2.12 bits per heavy atom. The number of hydrogen-bond acceptors (Lipinski definition) is 4. The van der Waals surface area contributed by atoms with Gasteiger partial charge < -0.3 is 15.6 Å². The summed E-state index contributed by atoms with van der Waals surface area (Å²) in [7, 11) is 0. The lowest BCUT2D eigenvalue weighted by atomic mass is 10.1. The van der Waals surface area contributed by atoms with Crippen LogP contribution in [0.3, 0.4) is 0 Å². The topological polar surface area (TPSA) is 75.0 Å². The molecule has 1 fully saturated rings. The van der Waals surface area contributed by atoms with Crippen molar-refractivity contribution in [1.29, 1.82) is 0 Å². The van der Waals surface area contributed by atoms with Gasteiger partial charge in [0, 0.05) is 35.2 Å². The summed E-state index contributed by atoms with van der Waals surface area (Å²) in [5, 5.41) is 2.28. The van der Waals surface area contributed by atoms with Crippen LogP contribution >= 0.6 is 22.9 Å². The van der Waals surface area contributed by atoms with Gasteiger partial charge in [0.1, 0.15) is 5.69 Å². The van der Waals surface area contributed by atoms with Crippen molar-refractivity contribution in [2.45, 2.75) is 26.2 Å². The van der Waals surface area contributed by atoms with Crippen LogP contribution in [0, 0.1) is 12.8 Å². The molecule has 0 saturated heterocycles. The summed E-state index contributed by atoms with van der Waals surface area (Å²) >= 11 is 7.49. The molecule has 0 bridgehead atoms. The number of nitrogen functional groups attached to an aromatic ring is 1. The SMILES string of the molecule is Cc1cccc(-c2sc(N)nc2C(=O)N(CCc2c[nH]c3cc(Cl)ccc23)CC2CC2)c1. The van der Waals surface area contributed by atoms with Gasteiger partial charge in [-0.05, 0) is 55.4 Å². The predicted octanol–water partition coefficient (Wildman–Crippen LogP) is 5.93. The second kappa shape index (κ2) is 8.60. The van der Waals surface area contributed by atoms with Gasteiger partial charge in [-0.25, -0.2) is 4.98 Å². The predicted molar refractivity (Wildman–Crippen MR) is 132 cm³/mol. The van der Waals surface area contributed by atoms with E-state index in [1.807, 2.05) is 54.4 Å². The van der Waals surface area contributed by atoms with E-state index >= 15 is 0 Å². The van der Waals surface area contributed by atoms with E-state index in [4.69, 9.17) is 17.3 Å². The third-order valence-electron chi connectivity index (χ3n) is 5.97. The number of benzene rings is 2. The van der Waals surface area contributed by atoms with Gasteiger partial charge >= 0.3 is 0 Å². The van der Waals surface area contributed by atoms with E-state index in [-0.39, 0.29) is 5.91 Å². The van der Waals surface area contributed by atoms with Crippen molar-refractivity contribution in [3.63, 3.8) is 0 Å². The van der Waals surface area contributed by atoms with E-state index in [1.165, 1.54) is 29.7 Å². The van der Waals surface area contributed by atoms with Gasteiger partial charge in [-0.1, -0.05) is 58.8 Å². The van der Waals surface area contributed by atoms with E-state index < -0.39 is 0 Å². The number of rotatable bonds is 7. The molecule has 1 amide bonds. The zero-order valence-corrected chi connectivity index (χ0v) is 19.5. The normalized spacial score (nSPS) is 13.6. The molecule has 1 aliphatic carbocycles. The van der Waals surface area contributed by atoms with Gasteiger partial charge in [0.05, 0.1) is 4.88 Å². The second-order valence-corrected chi connectivity index (χ2v) is 10.0. The summed E-state index contributed by atoms with van der Waals surface area (Å²) < 4.78 is 0. The van der Waals surface area contributed by atoms with Crippen LogP contribution in [0.5, 0.6) is 0 Å². The number of thiazole rings is 1. The molecule has 5 nitrogen and oxygen atoms in total. The molecule has 0 radical (unpaired) electrons. The van der Waals surface area contributed by atoms with E-state index in [1.54, 1.807) is 0 Å². The number of carbonyl (C=O) groups excluding carboxylic acids is 1. The summed E-state index contributed by atoms with van der Waals surface area (Å²) in [6.07, 6.45) is 5.14. The highest BCUT2D eigenvalue weighted by atomic mass is 35.5. The number of amides is 1. The highest BCUT2D eigenvalue weighted by molar-refractivity contribution is 7.19. The van der Waals surface area contributed by atoms with Crippen molar-refractivity contribution < 1.29 is 4.79 Å². The zero-order valence-electron chi connectivity index (χ0n) is 17.9. The van der Waals surface area contributed by atoms with Gasteiger partial charge in [-0.3, -0.25) is 4.79 Å². The van der Waals surface area contributed by atoms with E-state index in [0.29, 0.717) is 28.3 Å². The molecule has 5 rings (SSSR count). The Morgan fingerprint density at radius 1 is 1.28 bits per heavy atom. The minimum atomic E-state index is -0.0377. The molecule has 0 unspecified atom stereocenters. The van der Waals surface area contributed by atoms with Gasteiger partial charge in [0.2, 0.25) is 0 Å². The van der Waals surface area contributed by atoms with E-state index in [0.717, 1.165) is 39.9 Å². The molecule has 0 spiro atoms.